The number of carbonyl (C=O) groups is 1. The van der Waals surface area contributed by atoms with E-state index in [4.69, 9.17) is 9.47 Å². The molecule has 0 aliphatic carbocycles. The maximum absolute atomic E-state index is 13.2. The number of thiophene rings is 1. The van der Waals surface area contributed by atoms with Gasteiger partial charge in [0.15, 0.2) is 21.3 Å². The number of nitrogens with one attached hydrogen (secondary N) is 1. The molecular weight excluding hydrogens is 374 g/mol. The van der Waals surface area contributed by atoms with Crippen LogP contribution < -0.4 is 14.8 Å². The summed E-state index contributed by atoms with van der Waals surface area (Å²) in [6.45, 7) is 4.00. The molecule has 0 bridgehead atoms. The maximum Gasteiger partial charge on any atom is 0.231 e. The smallest absolute Gasteiger partial charge is 0.231 e. The average molecular weight is 396 g/mol. The predicted octanol–water partition coefficient (Wildman–Crippen LogP) is 3.15. The van der Waals surface area contributed by atoms with E-state index in [1.165, 1.54) is 23.5 Å². The van der Waals surface area contributed by atoms with Gasteiger partial charge in [-0.15, -0.1) is 11.3 Å². The number of benzene rings is 1. The first-order valence-corrected chi connectivity index (χ1v) is 10.7. The molecule has 0 unspecified atom stereocenters. The molecule has 1 N–H and O–H groups in total. The first-order chi connectivity index (χ1) is 12.4. The van der Waals surface area contributed by atoms with E-state index in [2.05, 4.69) is 5.32 Å². The highest BCUT2D eigenvalue weighted by Crippen LogP contribution is 2.38. The van der Waals surface area contributed by atoms with E-state index in [1.54, 1.807) is 18.2 Å². The van der Waals surface area contributed by atoms with Crippen molar-refractivity contribution in [1.29, 1.82) is 0 Å². The Kier molecular flexibility index (Phi) is 5.52. The largest absolute Gasteiger partial charge is 0.454 e. The van der Waals surface area contributed by atoms with Gasteiger partial charge in [0.05, 0.1) is 4.90 Å². The molecule has 0 fully saturated rings. The van der Waals surface area contributed by atoms with Gasteiger partial charge in [0.2, 0.25) is 12.7 Å². The third-order valence-corrected chi connectivity index (χ3v) is 7.20. The molecule has 6 nitrogen and oxygen atoms in total. The van der Waals surface area contributed by atoms with Crippen LogP contribution in [0.4, 0.5) is 0 Å². The van der Waals surface area contributed by atoms with E-state index in [0.717, 1.165) is 0 Å². The van der Waals surface area contributed by atoms with Crippen molar-refractivity contribution in [3.63, 3.8) is 0 Å². The monoisotopic (exact) mass is 395 g/mol. The van der Waals surface area contributed by atoms with Crippen LogP contribution in [0.15, 0.2) is 40.6 Å². The molecule has 8 heteroatoms. The number of ether oxygens (including phenoxy) is 2. The molecule has 0 saturated carbocycles. The first kappa shape index (κ1) is 18.7. The Morgan fingerprint density at radius 2 is 2.00 bits per heavy atom. The second kappa shape index (κ2) is 7.67. The number of amides is 1. The Labute approximate surface area is 157 Å². The van der Waals surface area contributed by atoms with Gasteiger partial charge in [-0.25, -0.2) is 8.42 Å². The number of fused-ring (bicyclic) bond motifs is 1. The van der Waals surface area contributed by atoms with Gasteiger partial charge in [-0.05, 0) is 29.5 Å². The van der Waals surface area contributed by atoms with Crippen LogP contribution in [0.2, 0.25) is 0 Å². The van der Waals surface area contributed by atoms with E-state index in [1.807, 2.05) is 19.2 Å². The summed E-state index contributed by atoms with van der Waals surface area (Å²) in [5.41, 5.74) is 0. The van der Waals surface area contributed by atoms with Gasteiger partial charge in [0, 0.05) is 23.9 Å². The lowest BCUT2D eigenvalue weighted by atomic mass is 10.1. The van der Waals surface area contributed by atoms with Crippen LogP contribution in [0.5, 0.6) is 11.5 Å². The van der Waals surface area contributed by atoms with Crippen molar-refractivity contribution in [3.8, 4) is 11.5 Å². The molecule has 0 saturated heterocycles. The van der Waals surface area contributed by atoms with Gasteiger partial charge < -0.3 is 14.8 Å². The highest BCUT2D eigenvalue weighted by atomic mass is 32.2. The van der Waals surface area contributed by atoms with E-state index in [0.29, 0.717) is 22.8 Å². The second-order valence-corrected chi connectivity index (χ2v) is 9.58. The van der Waals surface area contributed by atoms with E-state index in [9.17, 15) is 13.2 Å². The van der Waals surface area contributed by atoms with Crippen LogP contribution in [0.25, 0.3) is 0 Å². The summed E-state index contributed by atoms with van der Waals surface area (Å²) < 4.78 is 37.0. The third-order valence-electron chi connectivity index (χ3n) is 3.99. The first-order valence-electron chi connectivity index (χ1n) is 8.31. The fourth-order valence-electron chi connectivity index (χ4n) is 2.71. The minimum Gasteiger partial charge on any atom is -0.454 e. The summed E-state index contributed by atoms with van der Waals surface area (Å²) in [7, 11) is -3.71. The fraction of sp³-hybridized carbons (Fsp3) is 0.389. The topological polar surface area (TPSA) is 81.7 Å². The Morgan fingerprint density at radius 3 is 2.69 bits per heavy atom. The SMILES string of the molecule is CC(C)CC(=O)NC[C@@H](c1cccs1)S(=O)(=O)c1ccc2c(c1)OCO2. The van der Waals surface area contributed by atoms with Crippen molar-refractivity contribution < 1.29 is 22.7 Å². The van der Waals surface area contributed by atoms with Gasteiger partial charge in [-0.3, -0.25) is 4.79 Å². The Morgan fingerprint density at radius 1 is 1.23 bits per heavy atom. The molecule has 1 amide bonds. The molecule has 2 heterocycles. The fourth-order valence-corrected chi connectivity index (χ4v) is 5.50. The molecule has 0 spiro atoms. The van der Waals surface area contributed by atoms with E-state index in [-0.39, 0.29) is 30.1 Å². The molecule has 1 atom stereocenters. The molecule has 3 rings (SSSR count). The van der Waals surface area contributed by atoms with Crippen LogP contribution in [-0.4, -0.2) is 27.7 Å². The number of sulfone groups is 1. The lowest BCUT2D eigenvalue weighted by molar-refractivity contribution is -0.121. The summed E-state index contributed by atoms with van der Waals surface area (Å²) >= 11 is 1.36. The van der Waals surface area contributed by atoms with Crippen molar-refractivity contribution in [3.05, 3.63) is 40.6 Å². The minimum absolute atomic E-state index is 0.0306. The van der Waals surface area contributed by atoms with Crippen LogP contribution >= 0.6 is 11.3 Å². The summed E-state index contributed by atoms with van der Waals surface area (Å²) in [5, 5.41) is 3.74. The molecule has 1 aliphatic heterocycles. The summed E-state index contributed by atoms with van der Waals surface area (Å²) in [6.07, 6.45) is 0.362. The number of hydrogen-bond donors (Lipinski definition) is 1. The van der Waals surface area contributed by atoms with Gasteiger partial charge in [0.25, 0.3) is 0 Å². The zero-order chi connectivity index (χ0) is 18.7. The van der Waals surface area contributed by atoms with Gasteiger partial charge in [-0.2, -0.15) is 0 Å². The number of hydrogen-bond acceptors (Lipinski definition) is 6. The van der Waals surface area contributed by atoms with Crippen molar-refractivity contribution in [1.82, 2.24) is 5.32 Å². The maximum atomic E-state index is 13.2. The summed E-state index contributed by atoms with van der Waals surface area (Å²) in [6, 6.07) is 8.16. The molecule has 2 aromatic rings. The molecular formula is C18H21NO5S2. The van der Waals surface area contributed by atoms with Crippen LogP contribution in [0, 0.1) is 5.92 Å². The van der Waals surface area contributed by atoms with Crippen LogP contribution in [-0.2, 0) is 14.6 Å². The molecule has 1 aromatic carbocycles. The summed E-state index contributed by atoms with van der Waals surface area (Å²) in [5.74, 6) is 1.00. The summed E-state index contributed by atoms with van der Waals surface area (Å²) in [4.78, 5) is 12.8. The lowest BCUT2D eigenvalue weighted by Gasteiger charge is -2.18. The zero-order valence-electron chi connectivity index (χ0n) is 14.6. The highest BCUT2D eigenvalue weighted by molar-refractivity contribution is 7.91. The molecule has 26 heavy (non-hydrogen) atoms. The number of carbonyl (C=O) groups excluding carboxylic acids is 1. The van der Waals surface area contributed by atoms with Gasteiger partial charge in [-0.1, -0.05) is 19.9 Å². The van der Waals surface area contributed by atoms with Crippen molar-refractivity contribution in [2.75, 3.05) is 13.3 Å². The lowest BCUT2D eigenvalue weighted by Crippen LogP contribution is -2.32. The standard InChI is InChI=1S/C18H21NO5S2/c1-12(2)8-18(20)19-10-17(16-4-3-7-25-16)26(21,22)13-5-6-14-15(9-13)24-11-23-14/h3-7,9,12,17H,8,10-11H2,1-2H3,(H,19,20)/t17-/m0/s1. The molecule has 140 valence electrons. The quantitative estimate of drug-likeness (QED) is 0.779. The van der Waals surface area contributed by atoms with Crippen LogP contribution in [0.3, 0.4) is 0 Å². The van der Waals surface area contributed by atoms with Crippen molar-refractivity contribution in [2.45, 2.75) is 30.4 Å². The van der Waals surface area contributed by atoms with E-state index >= 15 is 0 Å². The van der Waals surface area contributed by atoms with Crippen molar-refractivity contribution in [2.24, 2.45) is 5.92 Å². The molecule has 0 radical (unpaired) electrons. The van der Waals surface area contributed by atoms with E-state index < -0.39 is 15.1 Å². The molecule has 1 aliphatic rings. The average Bonchev–Trinajstić information content (AvgIpc) is 3.25. The van der Waals surface area contributed by atoms with Crippen LogP contribution in [0.1, 0.15) is 30.4 Å². The normalized spacial score (nSPS) is 14.4. The highest BCUT2D eigenvalue weighted by Gasteiger charge is 2.32. The zero-order valence-corrected chi connectivity index (χ0v) is 16.2. The van der Waals surface area contributed by atoms with Crippen molar-refractivity contribution >= 4 is 27.1 Å². The second-order valence-electron chi connectivity index (χ2n) is 6.47. The number of rotatable bonds is 7. The predicted molar refractivity (Wildman–Crippen MR) is 99.3 cm³/mol. The Bertz CT molecular complexity index is 875. The van der Waals surface area contributed by atoms with Gasteiger partial charge in [0.1, 0.15) is 5.25 Å². The Hall–Kier alpha value is -2.06. The van der Waals surface area contributed by atoms with Gasteiger partial charge >= 0.3 is 0 Å². The Balaban J connectivity index is 1.87. The minimum atomic E-state index is -3.71. The molecule has 1 aromatic heterocycles. The third kappa shape index (κ3) is 4.02.